The molecule has 1 aliphatic rings. The van der Waals surface area contributed by atoms with Gasteiger partial charge in [0.05, 0.1) is 6.54 Å². The van der Waals surface area contributed by atoms with Crippen LogP contribution in [-0.4, -0.2) is 47.5 Å². The van der Waals surface area contributed by atoms with Crippen molar-refractivity contribution in [2.45, 2.75) is 46.1 Å². The number of thioether (sulfide) groups is 1. The summed E-state index contributed by atoms with van der Waals surface area (Å²) in [7, 11) is 0. The molecule has 0 aromatic rings. The Morgan fingerprint density at radius 1 is 1.35 bits per heavy atom. The van der Waals surface area contributed by atoms with Crippen molar-refractivity contribution in [3.63, 3.8) is 0 Å². The number of nitrogens with one attached hydrogen (secondary N) is 1. The Balaban J connectivity index is 2.32. The van der Waals surface area contributed by atoms with E-state index in [1.807, 2.05) is 11.8 Å². The molecule has 0 spiro atoms. The lowest BCUT2D eigenvalue weighted by atomic mass is 10.0. The molecule has 0 aromatic carbocycles. The predicted molar refractivity (Wildman–Crippen MR) is 79.0 cm³/mol. The Morgan fingerprint density at radius 3 is 2.71 bits per heavy atom. The van der Waals surface area contributed by atoms with Crippen molar-refractivity contribution in [1.82, 2.24) is 10.2 Å². The smallest absolute Gasteiger partial charge is 0.157 e. The van der Waals surface area contributed by atoms with E-state index in [4.69, 9.17) is 0 Å². The van der Waals surface area contributed by atoms with Crippen LogP contribution in [-0.2, 0) is 0 Å². The first-order valence-corrected chi connectivity index (χ1v) is 7.73. The highest BCUT2D eigenvalue weighted by atomic mass is 32.2. The lowest BCUT2D eigenvalue weighted by Gasteiger charge is -2.32. The van der Waals surface area contributed by atoms with Crippen LogP contribution < -0.4 is 5.32 Å². The minimum Gasteiger partial charge on any atom is -0.360 e. The van der Waals surface area contributed by atoms with Gasteiger partial charge in [0.2, 0.25) is 0 Å². The highest BCUT2D eigenvalue weighted by molar-refractivity contribution is 8.13. The minimum absolute atomic E-state index is 0.220. The van der Waals surface area contributed by atoms with Gasteiger partial charge in [-0.1, -0.05) is 25.6 Å². The van der Waals surface area contributed by atoms with Gasteiger partial charge in [-0.15, -0.1) is 0 Å². The lowest BCUT2D eigenvalue weighted by Crippen LogP contribution is -2.46. The third kappa shape index (κ3) is 5.77. The maximum Gasteiger partial charge on any atom is 0.157 e. The van der Waals surface area contributed by atoms with Gasteiger partial charge in [0, 0.05) is 17.8 Å². The normalized spacial score (nSPS) is 21.8. The quantitative estimate of drug-likeness (QED) is 0.792. The molecule has 1 fully saturated rings. The molecule has 4 heteroatoms. The Labute approximate surface area is 110 Å². The van der Waals surface area contributed by atoms with Crippen LogP contribution in [0.4, 0.5) is 0 Å². The molecule has 3 nitrogen and oxygen atoms in total. The standard InChI is InChI=1S/C13H27N3S/c1-5-9-16(6-2)10-8-14-12-15-13(3,4)7-11-17-12/h5-11H2,1-4H3,(H,14,15). The summed E-state index contributed by atoms with van der Waals surface area (Å²) in [6.07, 6.45) is 2.44. The van der Waals surface area contributed by atoms with Gasteiger partial charge in [0.1, 0.15) is 0 Å². The summed E-state index contributed by atoms with van der Waals surface area (Å²) >= 11 is 1.86. The predicted octanol–water partition coefficient (Wildman–Crippen LogP) is 2.58. The summed E-state index contributed by atoms with van der Waals surface area (Å²) in [4.78, 5) is 7.14. The van der Waals surface area contributed by atoms with Crippen molar-refractivity contribution in [3.8, 4) is 0 Å². The van der Waals surface area contributed by atoms with Crippen LogP contribution in [0.3, 0.4) is 0 Å². The largest absolute Gasteiger partial charge is 0.360 e. The third-order valence-electron chi connectivity index (χ3n) is 3.07. The Morgan fingerprint density at radius 2 is 2.12 bits per heavy atom. The van der Waals surface area contributed by atoms with Crippen LogP contribution in [0.5, 0.6) is 0 Å². The molecule has 1 N–H and O–H groups in total. The first kappa shape index (κ1) is 14.8. The molecule has 0 atom stereocenters. The number of rotatable bonds is 6. The second-order valence-corrected chi connectivity index (χ2v) is 6.31. The fraction of sp³-hybridized carbons (Fsp3) is 0.923. The summed E-state index contributed by atoms with van der Waals surface area (Å²) < 4.78 is 0. The van der Waals surface area contributed by atoms with Gasteiger partial charge < -0.3 is 10.2 Å². The molecule has 0 amide bonds. The van der Waals surface area contributed by atoms with Gasteiger partial charge in [-0.3, -0.25) is 4.99 Å². The fourth-order valence-corrected chi connectivity index (χ4v) is 3.25. The van der Waals surface area contributed by atoms with E-state index < -0.39 is 0 Å². The van der Waals surface area contributed by atoms with E-state index in [0.29, 0.717) is 0 Å². The van der Waals surface area contributed by atoms with Crippen LogP contribution in [0.15, 0.2) is 4.99 Å². The highest BCUT2D eigenvalue weighted by Gasteiger charge is 2.23. The third-order valence-corrected chi connectivity index (χ3v) is 3.98. The van der Waals surface area contributed by atoms with Gasteiger partial charge in [-0.25, -0.2) is 0 Å². The Hall–Kier alpha value is -0.220. The average molecular weight is 257 g/mol. The first-order chi connectivity index (χ1) is 8.07. The summed E-state index contributed by atoms with van der Waals surface area (Å²) in [5.74, 6) is 1.19. The number of hydrogen-bond donors (Lipinski definition) is 1. The van der Waals surface area contributed by atoms with Gasteiger partial charge >= 0.3 is 0 Å². The summed E-state index contributed by atoms with van der Waals surface area (Å²) in [6, 6.07) is 0. The molecule has 0 unspecified atom stereocenters. The fourth-order valence-electron chi connectivity index (χ4n) is 1.91. The molecule has 1 heterocycles. The van der Waals surface area contributed by atoms with Crippen LogP contribution in [0.25, 0.3) is 0 Å². The molecule has 0 aliphatic carbocycles. The van der Waals surface area contributed by atoms with Crippen molar-refractivity contribution in [2.24, 2.45) is 4.99 Å². The van der Waals surface area contributed by atoms with E-state index in [1.54, 1.807) is 0 Å². The van der Waals surface area contributed by atoms with Gasteiger partial charge in [0.25, 0.3) is 0 Å². The zero-order valence-electron chi connectivity index (χ0n) is 11.8. The molecular formula is C13H27N3S. The summed E-state index contributed by atoms with van der Waals surface area (Å²) in [6.45, 7) is 13.3. The summed E-state index contributed by atoms with van der Waals surface area (Å²) in [5.41, 5.74) is 0.220. The molecule has 1 saturated heterocycles. The lowest BCUT2D eigenvalue weighted by molar-refractivity contribution is 0.297. The van der Waals surface area contributed by atoms with Gasteiger partial charge in [-0.2, -0.15) is 0 Å². The number of nitrogens with zero attached hydrogens (tertiary/aromatic N) is 2. The number of aliphatic imine (C=N–C) groups is 1. The first-order valence-electron chi connectivity index (χ1n) is 6.75. The van der Waals surface area contributed by atoms with Crippen molar-refractivity contribution in [3.05, 3.63) is 0 Å². The molecule has 0 bridgehead atoms. The van der Waals surface area contributed by atoms with E-state index in [9.17, 15) is 0 Å². The zero-order chi connectivity index (χ0) is 12.7. The second kappa shape index (κ2) is 7.27. The number of hydrogen-bond acceptors (Lipinski definition) is 3. The van der Waals surface area contributed by atoms with Crippen LogP contribution >= 0.6 is 11.8 Å². The highest BCUT2D eigenvalue weighted by Crippen LogP contribution is 2.21. The second-order valence-electron chi connectivity index (χ2n) is 5.23. The van der Waals surface area contributed by atoms with Crippen molar-refractivity contribution in [1.29, 1.82) is 0 Å². The van der Waals surface area contributed by atoms with Crippen LogP contribution in [0.1, 0.15) is 40.5 Å². The molecule has 100 valence electrons. The van der Waals surface area contributed by atoms with Crippen LogP contribution in [0.2, 0.25) is 0 Å². The zero-order valence-corrected chi connectivity index (χ0v) is 12.6. The average Bonchev–Trinajstić information content (AvgIpc) is 2.26. The van der Waals surface area contributed by atoms with E-state index in [0.717, 1.165) is 24.8 Å². The molecular weight excluding hydrogens is 230 g/mol. The monoisotopic (exact) mass is 257 g/mol. The van der Waals surface area contributed by atoms with Crippen molar-refractivity contribution in [2.75, 3.05) is 31.9 Å². The van der Waals surface area contributed by atoms with Gasteiger partial charge in [0.15, 0.2) is 5.17 Å². The number of amidine groups is 1. The molecule has 0 aromatic heterocycles. The van der Waals surface area contributed by atoms with E-state index in [-0.39, 0.29) is 5.54 Å². The molecule has 1 rings (SSSR count). The van der Waals surface area contributed by atoms with E-state index >= 15 is 0 Å². The maximum absolute atomic E-state index is 4.68. The van der Waals surface area contributed by atoms with Crippen molar-refractivity contribution >= 4 is 16.9 Å². The number of likely N-dealkylation sites (N-methyl/N-ethyl adjacent to an activating group) is 1. The van der Waals surface area contributed by atoms with E-state index in [2.05, 4.69) is 42.9 Å². The molecule has 1 aliphatic heterocycles. The summed E-state index contributed by atoms with van der Waals surface area (Å²) in [5, 5.41) is 4.64. The van der Waals surface area contributed by atoms with Gasteiger partial charge in [-0.05, 0) is 39.8 Å². The molecule has 0 saturated carbocycles. The SMILES string of the molecule is CCCN(CC)CCN=C1NC(C)(C)CCS1. The topological polar surface area (TPSA) is 27.6 Å². The molecule has 17 heavy (non-hydrogen) atoms. The maximum atomic E-state index is 4.68. The van der Waals surface area contributed by atoms with Crippen LogP contribution in [0, 0.1) is 0 Å². The Bertz CT molecular complexity index is 251. The van der Waals surface area contributed by atoms with Crippen molar-refractivity contribution < 1.29 is 0 Å². The van der Waals surface area contributed by atoms with E-state index in [1.165, 1.54) is 25.1 Å². The minimum atomic E-state index is 0.220. The Kier molecular flexibility index (Phi) is 6.34. The molecule has 0 radical (unpaired) electrons.